The van der Waals surface area contributed by atoms with E-state index in [1.54, 1.807) is 6.07 Å². The molecule has 1 N–H and O–H groups in total. The van der Waals surface area contributed by atoms with Gasteiger partial charge in [0.05, 0.1) is 0 Å². The van der Waals surface area contributed by atoms with E-state index in [1.165, 1.54) is 12.8 Å². The van der Waals surface area contributed by atoms with Crippen molar-refractivity contribution < 1.29 is 0 Å². The van der Waals surface area contributed by atoms with E-state index in [0.29, 0.717) is 16.1 Å². The molecule has 0 unspecified atom stereocenters. The van der Waals surface area contributed by atoms with Crippen LogP contribution in [0.1, 0.15) is 12.8 Å². The van der Waals surface area contributed by atoms with Crippen LogP contribution in [0.4, 0.5) is 5.69 Å². The van der Waals surface area contributed by atoms with Gasteiger partial charge in [-0.25, -0.2) is 0 Å². The Morgan fingerprint density at radius 3 is 2.25 bits per heavy atom. The summed E-state index contributed by atoms with van der Waals surface area (Å²) in [7, 11) is 2.16. The molecule has 1 aromatic rings. The first-order valence-electron chi connectivity index (χ1n) is 5.54. The van der Waals surface area contributed by atoms with Crippen molar-refractivity contribution in [3.8, 4) is 0 Å². The predicted molar refractivity (Wildman–Crippen MR) is 70.6 cm³/mol. The first-order valence-corrected chi connectivity index (χ1v) is 6.30. The van der Waals surface area contributed by atoms with E-state index in [4.69, 9.17) is 23.2 Å². The molecular formula is C12H16Cl2N2. The summed E-state index contributed by atoms with van der Waals surface area (Å²) in [4.78, 5) is 2.35. The Kier molecular flexibility index (Phi) is 3.95. The first kappa shape index (κ1) is 12.0. The van der Waals surface area contributed by atoms with E-state index in [2.05, 4.69) is 17.3 Å². The summed E-state index contributed by atoms with van der Waals surface area (Å²) in [5.41, 5.74) is 1.02. The van der Waals surface area contributed by atoms with Crippen LogP contribution in [-0.4, -0.2) is 31.1 Å². The number of anilines is 1. The number of rotatable bonds is 2. The van der Waals surface area contributed by atoms with Gasteiger partial charge in [-0.15, -0.1) is 0 Å². The number of hydrogen-bond acceptors (Lipinski definition) is 2. The van der Waals surface area contributed by atoms with Crippen molar-refractivity contribution in [1.29, 1.82) is 0 Å². The van der Waals surface area contributed by atoms with Crippen LogP contribution in [-0.2, 0) is 0 Å². The van der Waals surface area contributed by atoms with Crippen molar-refractivity contribution in [2.75, 3.05) is 25.5 Å². The van der Waals surface area contributed by atoms with Crippen LogP contribution in [0.3, 0.4) is 0 Å². The van der Waals surface area contributed by atoms with Crippen LogP contribution in [0.15, 0.2) is 18.2 Å². The van der Waals surface area contributed by atoms with Gasteiger partial charge in [-0.3, -0.25) is 0 Å². The lowest BCUT2D eigenvalue weighted by atomic mass is 10.1. The van der Waals surface area contributed by atoms with Gasteiger partial charge in [0.15, 0.2) is 0 Å². The molecule has 0 bridgehead atoms. The summed E-state index contributed by atoms with van der Waals surface area (Å²) in [6.45, 7) is 2.29. The molecule has 88 valence electrons. The number of nitrogens with one attached hydrogen (secondary N) is 1. The average Bonchev–Trinajstić information content (AvgIpc) is 2.20. The molecular weight excluding hydrogens is 243 g/mol. The average molecular weight is 259 g/mol. The molecule has 1 aliphatic heterocycles. The van der Waals surface area contributed by atoms with Crippen LogP contribution in [0.2, 0.25) is 10.0 Å². The second kappa shape index (κ2) is 5.26. The quantitative estimate of drug-likeness (QED) is 0.874. The Hall–Kier alpha value is -0.440. The van der Waals surface area contributed by atoms with E-state index in [-0.39, 0.29) is 0 Å². The summed E-state index contributed by atoms with van der Waals surface area (Å²) in [6, 6.07) is 6.13. The van der Waals surface area contributed by atoms with Crippen molar-refractivity contribution in [3.63, 3.8) is 0 Å². The topological polar surface area (TPSA) is 15.3 Å². The summed E-state index contributed by atoms with van der Waals surface area (Å²) in [5.74, 6) is 0. The van der Waals surface area contributed by atoms with E-state index in [1.807, 2.05) is 12.1 Å². The van der Waals surface area contributed by atoms with Crippen LogP contribution >= 0.6 is 23.2 Å². The minimum absolute atomic E-state index is 0.533. The van der Waals surface area contributed by atoms with Crippen LogP contribution in [0.5, 0.6) is 0 Å². The number of nitrogens with zero attached hydrogens (tertiary/aromatic N) is 1. The highest BCUT2D eigenvalue weighted by Gasteiger charge is 2.16. The van der Waals surface area contributed by atoms with Gasteiger partial charge in [0.2, 0.25) is 0 Å². The number of halogens is 2. The highest BCUT2D eigenvalue weighted by atomic mass is 35.5. The molecule has 16 heavy (non-hydrogen) atoms. The smallest absolute Gasteiger partial charge is 0.0441 e. The molecule has 0 saturated carbocycles. The Morgan fingerprint density at radius 1 is 1.12 bits per heavy atom. The second-order valence-corrected chi connectivity index (χ2v) is 5.25. The minimum atomic E-state index is 0.533. The van der Waals surface area contributed by atoms with Crippen molar-refractivity contribution in [2.24, 2.45) is 0 Å². The van der Waals surface area contributed by atoms with Gasteiger partial charge < -0.3 is 10.2 Å². The Morgan fingerprint density at radius 2 is 1.69 bits per heavy atom. The molecule has 0 atom stereocenters. The van der Waals surface area contributed by atoms with Crippen molar-refractivity contribution in [1.82, 2.24) is 4.90 Å². The Labute approximate surface area is 107 Å². The van der Waals surface area contributed by atoms with Crippen LogP contribution in [0.25, 0.3) is 0 Å². The van der Waals surface area contributed by atoms with Gasteiger partial charge in [0.25, 0.3) is 0 Å². The van der Waals surface area contributed by atoms with Gasteiger partial charge in [-0.2, -0.15) is 0 Å². The first-order chi connectivity index (χ1) is 7.63. The zero-order valence-electron chi connectivity index (χ0n) is 9.34. The molecule has 0 radical (unpaired) electrons. The molecule has 2 rings (SSSR count). The number of hydrogen-bond donors (Lipinski definition) is 1. The standard InChI is InChI=1S/C12H16Cl2N2/c1-16-4-2-11(3-5-16)15-12-7-9(13)6-10(14)8-12/h6-8,11,15H,2-5H2,1H3. The summed E-state index contributed by atoms with van der Waals surface area (Å²) < 4.78 is 0. The lowest BCUT2D eigenvalue weighted by molar-refractivity contribution is 0.264. The molecule has 0 aromatic heterocycles. The number of likely N-dealkylation sites (tertiary alicyclic amines) is 1. The molecule has 1 fully saturated rings. The summed E-state index contributed by atoms with van der Waals surface area (Å²) >= 11 is 11.9. The molecule has 4 heteroatoms. The highest BCUT2D eigenvalue weighted by Crippen LogP contribution is 2.24. The highest BCUT2D eigenvalue weighted by molar-refractivity contribution is 6.35. The molecule has 1 heterocycles. The van der Waals surface area contributed by atoms with E-state index in [9.17, 15) is 0 Å². The molecule has 1 saturated heterocycles. The van der Waals surface area contributed by atoms with Gasteiger partial charge in [0, 0.05) is 21.8 Å². The number of piperidine rings is 1. The maximum atomic E-state index is 5.96. The minimum Gasteiger partial charge on any atom is -0.382 e. The van der Waals surface area contributed by atoms with Crippen LogP contribution < -0.4 is 5.32 Å². The zero-order chi connectivity index (χ0) is 11.5. The fraction of sp³-hybridized carbons (Fsp3) is 0.500. The summed E-state index contributed by atoms with van der Waals surface area (Å²) in [6.07, 6.45) is 2.33. The van der Waals surface area contributed by atoms with E-state index < -0.39 is 0 Å². The van der Waals surface area contributed by atoms with Gasteiger partial charge >= 0.3 is 0 Å². The fourth-order valence-corrected chi connectivity index (χ4v) is 2.55. The van der Waals surface area contributed by atoms with Gasteiger partial charge in [0.1, 0.15) is 0 Å². The maximum absolute atomic E-state index is 5.96. The lowest BCUT2D eigenvalue weighted by Crippen LogP contribution is -2.36. The molecule has 0 amide bonds. The second-order valence-electron chi connectivity index (χ2n) is 4.38. The van der Waals surface area contributed by atoms with Crippen molar-refractivity contribution in [3.05, 3.63) is 28.2 Å². The number of benzene rings is 1. The van der Waals surface area contributed by atoms with Crippen LogP contribution in [0, 0.1) is 0 Å². The van der Waals surface area contributed by atoms with Crippen molar-refractivity contribution in [2.45, 2.75) is 18.9 Å². The van der Waals surface area contributed by atoms with E-state index >= 15 is 0 Å². The normalized spacial score (nSPS) is 18.7. The molecule has 0 spiro atoms. The molecule has 0 aliphatic carbocycles. The Balaban J connectivity index is 1.98. The van der Waals surface area contributed by atoms with E-state index in [0.717, 1.165) is 18.8 Å². The third kappa shape index (κ3) is 3.27. The predicted octanol–water partition coefficient (Wildman–Crippen LogP) is 3.50. The molecule has 1 aliphatic rings. The SMILES string of the molecule is CN1CCC(Nc2cc(Cl)cc(Cl)c2)CC1. The largest absolute Gasteiger partial charge is 0.382 e. The molecule has 1 aromatic carbocycles. The fourth-order valence-electron chi connectivity index (χ4n) is 2.03. The van der Waals surface area contributed by atoms with Crippen molar-refractivity contribution >= 4 is 28.9 Å². The third-order valence-electron chi connectivity index (χ3n) is 2.95. The summed E-state index contributed by atoms with van der Waals surface area (Å²) in [5, 5.41) is 4.85. The third-order valence-corrected chi connectivity index (χ3v) is 3.39. The Bertz CT molecular complexity index is 340. The maximum Gasteiger partial charge on any atom is 0.0441 e. The van der Waals surface area contributed by atoms with Gasteiger partial charge in [-0.1, -0.05) is 23.2 Å². The molecule has 2 nitrogen and oxygen atoms in total. The monoisotopic (exact) mass is 258 g/mol. The zero-order valence-corrected chi connectivity index (χ0v) is 10.9. The van der Waals surface area contributed by atoms with Gasteiger partial charge in [-0.05, 0) is 51.2 Å². The lowest BCUT2D eigenvalue weighted by Gasteiger charge is -2.30.